The number of hydrogen-bond donors (Lipinski definition) is 1. The molecule has 7 nitrogen and oxygen atoms in total. The van der Waals surface area contributed by atoms with Crippen molar-refractivity contribution in [3.8, 4) is 0 Å². The van der Waals surface area contributed by atoms with Gasteiger partial charge in [0.25, 0.3) is 0 Å². The average Bonchev–Trinajstić information content (AvgIpc) is 3.37. The van der Waals surface area contributed by atoms with Gasteiger partial charge in [0.2, 0.25) is 0 Å². The quantitative estimate of drug-likeness (QED) is 0.750. The second kappa shape index (κ2) is 6.73. The molecule has 2 aromatic heterocycles. The number of nitrogens with one attached hydrogen (secondary N) is 1. The van der Waals surface area contributed by atoms with Crippen molar-refractivity contribution in [1.82, 2.24) is 29.6 Å². The first-order valence-corrected chi connectivity index (χ1v) is 9.96. The van der Waals surface area contributed by atoms with Crippen LogP contribution in [0.25, 0.3) is 11.0 Å². The molecule has 0 aliphatic carbocycles. The van der Waals surface area contributed by atoms with Gasteiger partial charge >= 0.3 is 0 Å². The van der Waals surface area contributed by atoms with Crippen molar-refractivity contribution in [2.24, 2.45) is 0 Å². The van der Waals surface area contributed by atoms with Crippen LogP contribution in [0.2, 0.25) is 0 Å². The minimum absolute atomic E-state index is 0.0708. The highest BCUT2D eigenvalue weighted by Crippen LogP contribution is 2.32. The van der Waals surface area contributed by atoms with E-state index in [-0.39, 0.29) is 5.60 Å². The number of benzene rings is 1. The van der Waals surface area contributed by atoms with Crippen LogP contribution in [0.15, 0.2) is 24.3 Å². The Labute approximate surface area is 158 Å². The summed E-state index contributed by atoms with van der Waals surface area (Å²) in [7, 11) is 0. The van der Waals surface area contributed by atoms with Crippen LogP contribution in [0.1, 0.15) is 37.2 Å². The fourth-order valence-electron chi connectivity index (χ4n) is 4.43. The molecule has 0 bridgehead atoms. The third-order valence-corrected chi connectivity index (χ3v) is 5.82. The van der Waals surface area contributed by atoms with E-state index in [9.17, 15) is 0 Å². The molecule has 5 rings (SSSR count). The predicted octanol–water partition coefficient (Wildman–Crippen LogP) is 2.32. The Bertz CT molecular complexity index is 914. The Morgan fingerprint density at radius 3 is 3.00 bits per heavy atom. The third kappa shape index (κ3) is 3.15. The SMILES string of the molecule is CCCN1CCC2(C1)Cn1c(CCc3nc4ccccc4[nH]3)nnc1CO2. The second-order valence-corrected chi connectivity index (χ2v) is 7.82. The van der Waals surface area contributed by atoms with Crippen LogP contribution >= 0.6 is 0 Å². The highest BCUT2D eigenvalue weighted by atomic mass is 16.5. The van der Waals surface area contributed by atoms with Crippen molar-refractivity contribution in [1.29, 1.82) is 0 Å². The van der Waals surface area contributed by atoms with Crippen molar-refractivity contribution < 1.29 is 4.74 Å². The first-order valence-electron chi connectivity index (χ1n) is 9.96. The number of ether oxygens (including phenoxy) is 1. The molecule has 1 saturated heterocycles. The number of H-pyrrole nitrogens is 1. The molecule has 142 valence electrons. The fraction of sp³-hybridized carbons (Fsp3) is 0.550. The molecular formula is C20H26N6O. The molecule has 1 aromatic carbocycles. The molecule has 4 heterocycles. The average molecular weight is 366 g/mol. The molecule has 0 saturated carbocycles. The smallest absolute Gasteiger partial charge is 0.159 e. The van der Waals surface area contributed by atoms with Gasteiger partial charge in [0, 0.05) is 25.9 Å². The van der Waals surface area contributed by atoms with Crippen molar-refractivity contribution in [2.75, 3.05) is 19.6 Å². The van der Waals surface area contributed by atoms with E-state index in [1.165, 1.54) is 6.42 Å². The number of hydrogen-bond acceptors (Lipinski definition) is 5. The lowest BCUT2D eigenvalue weighted by Crippen LogP contribution is -2.44. The predicted molar refractivity (Wildman–Crippen MR) is 102 cm³/mol. The zero-order chi connectivity index (χ0) is 18.3. The van der Waals surface area contributed by atoms with E-state index in [0.717, 1.165) is 73.9 Å². The first-order chi connectivity index (χ1) is 13.2. The van der Waals surface area contributed by atoms with Gasteiger partial charge in [-0.25, -0.2) is 4.98 Å². The number of likely N-dealkylation sites (tertiary alicyclic amines) is 1. The monoisotopic (exact) mass is 366 g/mol. The number of rotatable bonds is 5. The molecule has 1 atom stereocenters. The fourth-order valence-corrected chi connectivity index (χ4v) is 4.43. The Morgan fingerprint density at radius 1 is 1.19 bits per heavy atom. The number of nitrogens with zero attached hydrogens (tertiary/aromatic N) is 5. The van der Waals surface area contributed by atoms with Crippen molar-refractivity contribution in [2.45, 2.75) is 51.4 Å². The summed E-state index contributed by atoms with van der Waals surface area (Å²) in [6.07, 6.45) is 3.95. The first kappa shape index (κ1) is 16.9. The molecule has 7 heteroatoms. The van der Waals surface area contributed by atoms with Gasteiger partial charge in [-0.2, -0.15) is 0 Å². The number of imidazole rings is 1. The molecular weight excluding hydrogens is 340 g/mol. The third-order valence-electron chi connectivity index (χ3n) is 5.82. The van der Waals surface area contributed by atoms with E-state index in [1.54, 1.807) is 0 Å². The highest BCUT2D eigenvalue weighted by molar-refractivity contribution is 5.74. The number of aromatic nitrogens is 5. The van der Waals surface area contributed by atoms with Gasteiger partial charge in [-0.15, -0.1) is 10.2 Å². The van der Waals surface area contributed by atoms with E-state index in [4.69, 9.17) is 4.74 Å². The van der Waals surface area contributed by atoms with Crippen molar-refractivity contribution in [3.05, 3.63) is 41.7 Å². The van der Waals surface area contributed by atoms with Crippen LogP contribution in [-0.4, -0.2) is 54.9 Å². The Hall–Kier alpha value is -2.25. The molecule has 1 N–H and O–H groups in total. The highest BCUT2D eigenvalue weighted by Gasteiger charge is 2.42. The van der Waals surface area contributed by atoms with Gasteiger partial charge < -0.3 is 19.2 Å². The topological polar surface area (TPSA) is 71.9 Å². The summed E-state index contributed by atoms with van der Waals surface area (Å²) in [6, 6.07) is 8.15. The number of aromatic amines is 1. The second-order valence-electron chi connectivity index (χ2n) is 7.82. The lowest BCUT2D eigenvalue weighted by Gasteiger charge is -2.34. The normalized spacial score (nSPS) is 22.7. The number of aryl methyl sites for hydroxylation is 2. The van der Waals surface area contributed by atoms with Crippen molar-refractivity contribution in [3.63, 3.8) is 0 Å². The molecule has 3 aromatic rings. The minimum Gasteiger partial charge on any atom is -0.364 e. The summed E-state index contributed by atoms with van der Waals surface area (Å²) >= 11 is 0. The Balaban J connectivity index is 1.31. The van der Waals surface area contributed by atoms with Gasteiger partial charge in [0.1, 0.15) is 23.9 Å². The van der Waals surface area contributed by atoms with E-state index < -0.39 is 0 Å². The van der Waals surface area contributed by atoms with Crippen LogP contribution in [0.3, 0.4) is 0 Å². The summed E-state index contributed by atoms with van der Waals surface area (Å²) in [5.74, 6) is 3.00. The molecule has 1 spiro atoms. The van der Waals surface area contributed by atoms with E-state index in [2.05, 4.69) is 42.6 Å². The van der Waals surface area contributed by atoms with Crippen LogP contribution < -0.4 is 0 Å². The van der Waals surface area contributed by atoms with Crippen LogP contribution in [0, 0.1) is 0 Å². The van der Waals surface area contributed by atoms with E-state index in [0.29, 0.717) is 6.61 Å². The molecule has 1 fully saturated rings. The largest absolute Gasteiger partial charge is 0.364 e. The molecule has 0 radical (unpaired) electrons. The summed E-state index contributed by atoms with van der Waals surface area (Å²) in [6.45, 7) is 6.96. The minimum atomic E-state index is -0.0708. The van der Waals surface area contributed by atoms with Crippen molar-refractivity contribution >= 4 is 11.0 Å². The van der Waals surface area contributed by atoms with Crippen LogP contribution in [0.4, 0.5) is 0 Å². The summed E-state index contributed by atoms with van der Waals surface area (Å²) in [5.41, 5.74) is 2.04. The number of fused-ring (bicyclic) bond motifs is 2. The van der Waals surface area contributed by atoms with Gasteiger partial charge in [-0.1, -0.05) is 19.1 Å². The Morgan fingerprint density at radius 2 is 2.11 bits per heavy atom. The molecule has 1 unspecified atom stereocenters. The lowest BCUT2D eigenvalue weighted by molar-refractivity contribution is -0.0827. The summed E-state index contributed by atoms with van der Waals surface area (Å²) in [4.78, 5) is 10.6. The Kier molecular flexibility index (Phi) is 4.21. The molecule has 27 heavy (non-hydrogen) atoms. The maximum atomic E-state index is 6.26. The van der Waals surface area contributed by atoms with E-state index in [1.807, 2.05) is 18.2 Å². The van der Waals surface area contributed by atoms with Crippen LogP contribution in [0.5, 0.6) is 0 Å². The van der Waals surface area contributed by atoms with Gasteiger partial charge in [0.15, 0.2) is 5.82 Å². The zero-order valence-corrected chi connectivity index (χ0v) is 15.8. The van der Waals surface area contributed by atoms with Gasteiger partial charge in [-0.3, -0.25) is 0 Å². The summed E-state index contributed by atoms with van der Waals surface area (Å²) in [5, 5.41) is 8.82. The molecule has 2 aliphatic heterocycles. The van der Waals surface area contributed by atoms with Gasteiger partial charge in [0.05, 0.1) is 17.6 Å². The van der Waals surface area contributed by atoms with Crippen LogP contribution in [-0.2, 0) is 30.7 Å². The molecule has 2 aliphatic rings. The number of para-hydroxylation sites is 2. The summed E-state index contributed by atoms with van der Waals surface area (Å²) < 4.78 is 8.56. The zero-order valence-electron chi connectivity index (χ0n) is 15.8. The lowest BCUT2D eigenvalue weighted by atomic mass is 10.0. The standard InChI is InChI=1S/C20H26N6O/c1-2-10-25-11-9-20(13-25)14-26-18(23-24-19(26)12-27-20)8-7-17-21-15-5-3-4-6-16(15)22-17/h3-6H,2,7-14H2,1H3,(H,21,22). The maximum Gasteiger partial charge on any atom is 0.159 e. The maximum absolute atomic E-state index is 6.26. The van der Waals surface area contributed by atoms with Gasteiger partial charge in [-0.05, 0) is 31.5 Å². The van der Waals surface area contributed by atoms with E-state index >= 15 is 0 Å². The molecule has 0 amide bonds.